The number of alkyl halides is 1. The van der Waals surface area contributed by atoms with Crippen LogP contribution in [0.5, 0.6) is 0 Å². The maximum absolute atomic E-state index is 3.58. The van der Waals surface area contributed by atoms with Gasteiger partial charge in [-0.3, -0.25) is 0 Å². The normalized spacial score (nSPS) is 15.3. The average molecular weight is 207 g/mol. The van der Waals surface area contributed by atoms with Crippen LogP contribution in [0.4, 0.5) is 0 Å². The fourth-order valence-corrected chi connectivity index (χ4v) is 2.42. The second-order valence-electron chi connectivity index (χ2n) is 3.90. The van der Waals surface area contributed by atoms with E-state index in [-0.39, 0.29) is 0 Å². The van der Waals surface area contributed by atoms with Crippen molar-refractivity contribution in [3.63, 3.8) is 0 Å². The summed E-state index contributed by atoms with van der Waals surface area (Å²) in [6.45, 7) is 9.15. The van der Waals surface area contributed by atoms with Gasteiger partial charge in [0.25, 0.3) is 0 Å². The van der Waals surface area contributed by atoms with Crippen molar-refractivity contribution >= 4 is 15.9 Å². The van der Waals surface area contributed by atoms with Crippen LogP contribution in [0.2, 0.25) is 0 Å². The van der Waals surface area contributed by atoms with Crippen LogP contribution in [0.15, 0.2) is 0 Å². The zero-order valence-corrected chi connectivity index (χ0v) is 9.16. The maximum atomic E-state index is 3.58. The van der Waals surface area contributed by atoms with E-state index in [1.807, 2.05) is 0 Å². The van der Waals surface area contributed by atoms with Crippen LogP contribution in [-0.4, -0.2) is 4.83 Å². The van der Waals surface area contributed by atoms with Crippen LogP contribution in [0.25, 0.3) is 0 Å². The highest BCUT2D eigenvalue weighted by Gasteiger charge is 2.18. The van der Waals surface area contributed by atoms with E-state index in [2.05, 4.69) is 43.6 Å². The van der Waals surface area contributed by atoms with E-state index in [0.717, 1.165) is 0 Å². The van der Waals surface area contributed by atoms with Gasteiger partial charge in [-0.15, -0.1) is 0 Å². The van der Waals surface area contributed by atoms with E-state index in [0.29, 0.717) is 10.2 Å². The lowest BCUT2D eigenvalue weighted by Crippen LogP contribution is -2.14. The molecule has 0 aliphatic carbocycles. The summed E-state index contributed by atoms with van der Waals surface area (Å²) in [7, 11) is 0. The lowest BCUT2D eigenvalue weighted by Gasteiger charge is -2.25. The van der Waals surface area contributed by atoms with Crippen molar-refractivity contribution in [2.75, 3.05) is 0 Å². The third-order valence-electron chi connectivity index (χ3n) is 1.76. The molecular formula is C9H19Br. The molecule has 0 aliphatic rings. The van der Waals surface area contributed by atoms with E-state index >= 15 is 0 Å². The molecule has 62 valence electrons. The first-order valence-corrected chi connectivity index (χ1v) is 5.03. The topological polar surface area (TPSA) is 0 Å². The van der Waals surface area contributed by atoms with E-state index < -0.39 is 0 Å². The minimum atomic E-state index is 0.525. The fourth-order valence-electron chi connectivity index (χ4n) is 1.54. The Kier molecular flexibility index (Phi) is 4.59. The second-order valence-corrected chi connectivity index (χ2v) is 5.46. The number of hydrogen-bond acceptors (Lipinski definition) is 0. The molecule has 0 spiro atoms. The number of hydrogen-bond donors (Lipinski definition) is 0. The molecule has 0 radical (unpaired) electrons. The summed E-state index contributed by atoms with van der Waals surface area (Å²) in [6.07, 6.45) is 3.91. The van der Waals surface area contributed by atoms with Gasteiger partial charge in [-0.25, -0.2) is 0 Å². The van der Waals surface area contributed by atoms with Crippen LogP contribution in [0, 0.1) is 5.41 Å². The Balaban J connectivity index is 3.63. The predicted octanol–water partition coefficient (Wildman–Crippen LogP) is 3.99. The first kappa shape index (κ1) is 10.5. The summed E-state index contributed by atoms with van der Waals surface area (Å²) >= 11 is 3.58. The minimum Gasteiger partial charge on any atom is -0.0893 e. The van der Waals surface area contributed by atoms with Gasteiger partial charge in [0.1, 0.15) is 0 Å². The molecular weight excluding hydrogens is 188 g/mol. The van der Waals surface area contributed by atoms with Gasteiger partial charge in [-0.1, -0.05) is 50.0 Å². The summed E-state index contributed by atoms with van der Waals surface area (Å²) in [5, 5.41) is 0. The molecule has 0 N–H and O–H groups in total. The Morgan fingerprint density at radius 2 is 1.90 bits per heavy atom. The molecule has 0 bridgehead atoms. The molecule has 0 aromatic rings. The summed E-state index contributed by atoms with van der Waals surface area (Å²) in [5.41, 5.74) is 0.525. The van der Waals surface area contributed by atoms with E-state index in [4.69, 9.17) is 0 Å². The molecule has 1 heteroatoms. The Morgan fingerprint density at radius 1 is 1.40 bits per heavy atom. The molecule has 0 rings (SSSR count). The number of halogens is 1. The average Bonchev–Trinajstić information content (AvgIpc) is 1.59. The Morgan fingerprint density at radius 3 is 2.20 bits per heavy atom. The standard InChI is InChI=1S/C9H19Br/c1-5-6-9(3,4)7-8(2)10/h8H,5-7H2,1-4H3. The van der Waals surface area contributed by atoms with Crippen LogP contribution < -0.4 is 0 Å². The lowest BCUT2D eigenvalue weighted by atomic mass is 9.84. The molecule has 0 saturated carbocycles. The molecule has 10 heavy (non-hydrogen) atoms. The van der Waals surface area contributed by atoms with Gasteiger partial charge in [0, 0.05) is 4.83 Å². The van der Waals surface area contributed by atoms with Gasteiger partial charge < -0.3 is 0 Å². The molecule has 0 amide bonds. The smallest absolute Gasteiger partial charge is 0.0122 e. The monoisotopic (exact) mass is 206 g/mol. The van der Waals surface area contributed by atoms with Crippen molar-refractivity contribution in [3.8, 4) is 0 Å². The van der Waals surface area contributed by atoms with Crippen LogP contribution >= 0.6 is 15.9 Å². The fraction of sp³-hybridized carbons (Fsp3) is 1.00. The van der Waals surface area contributed by atoms with Crippen molar-refractivity contribution in [2.24, 2.45) is 5.41 Å². The van der Waals surface area contributed by atoms with Gasteiger partial charge >= 0.3 is 0 Å². The van der Waals surface area contributed by atoms with E-state index in [9.17, 15) is 0 Å². The zero-order valence-electron chi connectivity index (χ0n) is 7.58. The maximum Gasteiger partial charge on any atom is 0.0122 e. The summed E-state index contributed by atoms with van der Waals surface area (Å²) in [6, 6.07) is 0. The van der Waals surface area contributed by atoms with Crippen LogP contribution in [0.1, 0.15) is 47.0 Å². The van der Waals surface area contributed by atoms with Crippen molar-refractivity contribution in [1.82, 2.24) is 0 Å². The van der Waals surface area contributed by atoms with E-state index in [1.54, 1.807) is 0 Å². The highest BCUT2D eigenvalue weighted by molar-refractivity contribution is 9.09. The Labute approximate surface area is 73.5 Å². The zero-order chi connectivity index (χ0) is 8.20. The molecule has 0 fully saturated rings. The molecule has 0 saturated heterocycles. The van der Waals surface area contributed by atoms with Gasteiger partial charge in [0.15, 0.2) is 0 Å². The van der Waals surface area contributed by atoms with Gasteiger partial charge in [-0.2, -0.15) is 0 Å². The Bertz CT molecular complexity index is 84.7. The molecule has 0 aliphatic heterocycles. The SMILES string of the molecule is CCCC(C)(C)CC(C)Br. The van der Waals surface area contributed by atoms with Crippen molar-refractivity contribution in [3.05, 3.63) is 0 Å². The van der Waals surface area contributed by atoms with Crippen LogP contribution in [0.3, 0.4) is 0 Å². The quantitative estimate of drug-likeness (QED) is 0.611. The van der Waals surface area contributed by atoms with Crippen molar-refractivity contribution in [1.29, 1.82) is 0 Å². The lowest BCUT2D eigenvalue weighted by molar-refractivity contribution is 0.306. The van der Waals surface area contributed by atoms with Gasteiger partial charge in [0.05, 0.1) is 0 Å². The van der Waals surface area contributed by atoms with E-state index in [1.165, 1.54) is 19.3 Å². The van der Waals surface area contributed by atoms with Crippen molar-refractivity contribution in [2.45, 2.75) is 51.8 Å². The second kappa shape index (κ2) is 4.38. The largest absolute Gasteiger partial charge is 0.0893 e. The molecule has 0 heterocycles. The summed E-state index contributed by atoms with van der Waals surface area (Å²) < 4.78 is 0. The number of rotatable bonds is 4. The molecule has 0 aromatic carbocycles. The molecule has 1 atom stereocenters. The third kappa shape index (κ3) is 5.28. The van der Waals surface area contributed by atoms with Crippen LogP contribution in [-0.2, 0) is 0 Å². The minimum absolute atomic E-state index is 0.525. The first-order chi connectivity index (χ1) is 4.48. The molecule has 0 aromatic heterocycles. The molecule has 0 nitrogen and oxygen atoms in total. The van der Waals surface area contributed by atoms with Crippen molar-refractivity contribution < 1.29 is 0 Å². The first-order valence-electron chi connectivity index (χ1n) is 4.12. The predicted molar refractivity (Wildman–Crippen MR) is 51.7 cm³/mol. The summed E-state index contributed by atoms with van der Waals surface area (Å²) in [5.74, 6) is 0. The summed E-state index contributed by atoms with van der Waals surface area (Å²) in [4.78, 5) is 0.661. The highest BCUT2D eigenvalue weighted by atomic mass is 79.9. The van der Waals surface area contributed by atoms with Gasteiger partial charge in [-0.05, 0) is 18.3 Å². The molecule has 1 unspecified atom stereocenters. The third-order valence-corrected chi connectivity index (χ3v) is 2.08. The highest BCUT2D eigenvalue weighted by Crippen LogP contribution is 2.30. The Hall–Kier alpha value is 0.480. The van der Waals surface area contributed by atoms with Gasteiger partial charge in [0.2, 0.25) is 0 Å².